The van der Waals surface area contributed by atoms with Crippen LogP contribution in [0.5, 0.6) is 0 Å². The standard InChI is InChI=1S/C29H40O4/c1-3-4-5-8-23-10-15-25(16-11-23)26-17-12-24(13-18-26)14-19-28(30)32-20-7-6-9-27-21-22(2)29(31)33-27/h12-14,17-19,23,25,27H,2-11,15-16,20-21H2,1H3/b19-14+. The molecule has 4 nitrogen and oxygen atoms in total. The molecule has 1 saturated heterocycles. The SMILES string of the molecule is C=C1CC(CCCCOC(=O)/C=C/c2ccc(C3CCC(CCCCC)CC3)cc2)OC1=O. The molecule has 33 heavy (non-hydrogen) atoms. The molecule has 1 unspecified atom stereocenters. The molecular formula is C29H40O4. The maximum Gasteiger partial charge on any atom is 0.333 e. The van der Waals surface area contributed by atoms with Gasteiger partial charge in [0.05, 0.1) is 6.61 Å². The Hall–Kier alpha value is -2.36. The summed E-state index contributed by atoms with van der Waals surface area (Å²) in [6.45, 7) is 6.34. The number of carbonyl (C=O) groups excluding carboxylic acids is 2. The Kier molecular flexibility index (Phi) is 10.2. The van der Waals surface area contributed by atoms with Crippen molar-refractivity contribution in [2.24, 2.45) is 5.92 Å². The van der Waals surface area contributed by atoms with E-state index in [4.69, 9.17) is 9.47 Å². The lowest BCUT2D eigenvalue weighted by Crippen LogP contribution is -2.13. The van der Waals surface area contributed by atoms with Crippen molar-refractivity contribution in [1.29, 1.82) is 0 Å². The van der Waals surface area contributed by atoms with E-state index in [0.29, 0.717) is 24.5 Å². The van der Waals surface area contributed by atoms with Crippen molar-refractivity contribution in [3.8, 4) is 0 Å². The summed E-state index contributed by atoms with van der Waals surface area (Å²) in [5.74, 6) is 1.01. The lowest BCUT2D eigenvalue weighted by molar-refractivity contribution is -0.139. The van der Waals surface area contributed by atoms with E-state index in [1.807, 2.05) is 6.08 Å². The third kappa shape index (κ3) is 8.49. The van der Waals surface area contributed by atoms with Gasteiger partial charge in [-0.3, -0.25) is 0 Å². The Morgan fingerprint density at radius 2 is 1.79 bits per heavy atom. The minimum atomic E-state index is -0.318. The molecule has 3 rings (SSSR count). The van der Waals surface area contributed by atoms with Gasteiger partial charge in [-0.15, -0.1) is 0 Å². The van der Waals surface area contributed by atoms with Crippen LogP contribution < -0.4 is 0 Å². The molecule has 1 aliphatic heterocycles. The van der Waals surface area contributed by atoms with Gasteiger partial charge in [-0.2, -0.15) is 0 Å². The summed E-state index contributed by atoms with van der Waals surface area (Å²) in [5, 5.41) is 0. The Bertz CT molecular complexity index is 783. The number of hydrogen-bond donors (Lipinski definition) is 0. The van der Waals surface area contributed by atoms with Gasteiger partial charge >= 0.3 is 11.9 Å². The average Bonchev–Trinajstić information content (AvgIpc) is 3.15. The van der Waals surface area contributed by atoms with Crippen molar-refractivity contribution in [1.82, 2.24) is 0 Å². The van der Waals surface area contributed by atoms with Crippen molar-refractivity contribution < 1.29 is 19.1 Å². The first-order valence-corrected chi connectivity index (χ1v) is 12.9. The van der Waals surface area contributed by atoms with Crippen LogP contribution in [-0.2, 0) is 19.1 Å². The van der Waals surface area contributed by atoms with Crippen LogP contribution in [0.2, 0.25) is 0 Å². The Morgan fingerprint density at radius 1 is 1.06 bits per heavy atom. The van der Waals surface area contributed by atoms with Crippen LogP contribution in [0.3, 0.4) is 0 Å². The highest BCUT2D eigenvalue weighted by Gasteiger charge is 2.26. The zero-order valence-corrected chi connectivity index (χ0v) is 20.2. The minimum absolute atomic E-state index is 0.0654. The molecule has 2 fully saturated rings. The maximum atomic E-state index is 12.0. The van der Waals surface area contributed by atoms with Crippen LogP contribution in [0, 0.1) is 5.92 Å². The zero-order chi connectivity index (χ0) is 23.5. The second-order valence-corrected chi connectivity index (χ2v) is 9.71. The van der Waals surface area contributed by atoms with Crippen molar-refractivity contribution >= 4 is 18.0 Å². The van der Waals surface area contributed by atoms with E-state index in [1.165, 1.54) is 63.0 Å². The van der Waals surface area contributed by atoms with Gasteiger partial charge in [-0.25, -0.2) is 9.59 Å². The summed E-state index contributed by atoms with van der Waals surface area (Å²) in [6, 6.07) is 8.64. The number of rotatable bonds is 12. The van der Waals surface area contributed by atoms with Gasteiger partial charge in [0.1, 0.15) is 6.10 Å². The second kappa shape index (κ2) is 13.4. The summed E-state index contributed by atoms with van der Waals surface area (Å²) in [7, 11) is 0. The number of cyclic esters (lactones) is 1. The van der Waals surface area contributed by atoms with Crippen LogP contribution in [0.1, 0.15) is 101 Å². The van der Waals surface area contributed by atoms with Crippen LogP contribution in [0.4, 0.5) is 0 Å². The third-order valence-electron chi connectivity index (χ3n) is 7.08. The molecule has 0 amide bonds. The van der Waals surface area contributed by atoms with E-state index in [2.05, 4.69) is 37.8 Å². The monoisotopic (exact) mass is 452 g/mol. The van der Waals surface area contributed by atoms with Crippen LogP contribution >= 0.6 is 0 Å². The summed E-state index contributed by atoms with van der Waals surface area (Å²) in [5.41, 5.74) is 3.00. The molecule has 0 radical (unpaired) electrons. The van der Waals surface area contributed by atoms with E-state index in [9.17, 15) is 9.59 Å². The molecule has 0 spiro atoms. The molecule has 180 valence electrons. The Labute approximate surface area is 199 Å². The first kappa shape index (κ1) is 25.3. The molecule has 1 aliphatic carbocycles. The van der Waals surface area contributed by atoms with Gasteiger partial charge in [0, 0.05) is 18.1 Å². The maximum absolute atomic E-state index is 12.0. The quantitative estimate of drug-likeness (QED) is 0.192. The molecule has 1 aromatic rings. The highest BCUT2D eigenvalue weighted by Crippen LogP contribution is 2.37. The van der Waals surface area contributed by atoms with Gasteiger partial charge in [0.15, 0.2) is 0 Å². The highest BCUT2D eigenvalue weighted by molar-refractivity contribution is 5.89. The predicted molar refractivity (Wildman–Crippen MR) is 133 cm³/mol. The largest absolute Gasteiger partial charge is 0.463 e. The first-order valence-electron chi connectivity index (χ1n) is 12.9. The molecule has 0 aromatic heterocycles. The summed E-state index contributed by atoms with van der Waals surface area (Å²) in [4.78, 5) is 23.3. The summed E-state index contributed by atoms with van der Waals surface area (Å²) >= 11 is 0. The number of hydrogen-bond acceptors (Lipinski definition) is 4. The molecule has 1 aromatic carbocycles. The van der Waals surface area contributed by atoms with Crippen molar-refractivity contribution in [2.75, 3.05) is 6.61 Å². The molecule has 1 saturated carbocycles. The number of benzene rings is 1. The van der Waals surface area contributed by atoms with Gasteiger partial charge in [0.2, 0.25) is 0 Å². The lowest BCUT2D eigenvalue weighted by atomic mass is 9.77. The van der Waals surface area contributed by atoms with Crippen LogP contribution in [0.15, 0.2) is 42.5 Å². The number of ether oxygens (including phenoxy) is 2. The van der Waals surface area contributed by atoms with Crippen molar-refractivity contribution in [3.05, 3.63) is 53.6 Å². The smallest absolute Gasteiger partial charge is 0.333 e. The topological polar surface area (TPSA) is 52.6 Å². The fraction of sp³-hybridized carbons (Fsp3) is 0.586. The van der Waals surface area contributed by atoms with Crippen LogP contribution in [-0.4, -0.2) is 24.6 Å². The van der Waals surface area contributed by atoms with Gasteiger partial charge < -0.3 is 9.47 Å². The van der Waals surface area contributed by atoms with E-state index in [-0.39, 0.29) is 18.0 Å². The number of carbonyl (C=O) groups is 2. The fourth-order valence-corrected chi connectivity index (χ4v) is 5.00. The minimum Gasteiger partial charge on any atom is -0.463 e. The third-order valence-corrected chi connectivity index (χ3v) is 7.08. The predicted octanol–water partition coefficient (Wildman–Crippen LogP) is 7.14. The van der Waals surface area contributed by atoms with Crippen molar-refractivity contribution in [2.45, 2.75) is 96.0 Å². The molecule has 0 bridgehead atoms. The average molecular weight is 453 g/mol. The summed E-state index contributed by atoms with van der Waals surface area (Å²) < 4.78 is 10.5. The second-order valence-electron chi connectivity index (χ2n) is 9.71. The molecule has 4 heteroatoms. The molecule has 1 heterocycles. The van der Waals surface area contributed by atoms with Gasteiger partial charge in [0.25, 0.3) is 0 Å². The van der Waals surface area contributed by atoms with Gasteiger partial charge in [-0.05, 0) is 74.0 Å². The van der Waals surface area contributed by atoms with Crippen LogP contribution in [0.25, 0.3) is 6.08 Å². The number of unbranched alkanes of at least 4 members (excludes halogenated alkanes) is 3. The molecule has 0 N–H and O–H groups in total. The van der Waals surface area contributed by atoms with E-state index < -0.39 is 0 Å². The van der Waals surface area contributed by atoms with E-state index in [1.54, 1.807) is 0 Å². The summed E-state index contributed by atoms with van der Waals surface area (Å²) in [6.07, 6.45) is 17.1. The van der Waals surface area contributed by atoms with E-state index in [0.717, 1.165) is 30.7 Å². The first-order chi connectivity index (χ1) is 16.0. The Morgan fingerprint density at radius 3 is 2.45 bits per heavy atom. The molecule has 1 atom stereocenters. The van der Waals surface area contributed by atoms with E-state index >= 15 is 0 Å². The number of esters is 2. The Balaban J connectivity index is 1.30. The normalized spacial score (nSPS) is 23.1. The molecular weight excluding hydrogens is 412 g/mol. The highest BCUT2D eigenvalue weighted by atomic mass is 16.5. The lowest BCUT2D eigenvalue weighted by Gasteiger charge is -2.29. The fourth-order valence-electron chi connectivity index (χ4n) is 5.00. The molecule has 2 aliphatic rings. The van der Waals surface area contributed by atoms with Crippen molar-refractivity contribution in [3.63, 3.8) is 0 Å². The zero-order valence-electron chi connectivity index (χ0n) is 20.2. The van der Waals surface area contributed by atoms with Gasteiger partial charge in [-0.1, -0.05) is 63.5 Å².